The molecule has 0 unspecified atom stereocenters. The number of hydrazine groups is 1. The van der Waals surface area contributed by atoms with Gasteiger partial charge < -0.3 is 0 Å². The fraction of sp³-hybridized carbons (Fsp3) is 0.364. The molecular formula is C11H16N2O. The highest BCUT2D eigenvalue weighted by Crippen LogP contribution is 2.11. The van der Waals surface area contributed by atoms with E-state index in [4.69, 9.17) is 0 Å². The Bertz CT molecular complexity index is 310. The van der Waals surface area contributed by atoms with Gasteiger partial charge in [-0.1, -0.05) is 25.1 Å². The normalized spacial score (nSPS) is 9.57. The van der Waals surface area contributed by atoms with Gasteiger partial charge >= 0.3 is 0 Å². The molecule has 0 aliphatic rings. The Morgan fingerprint density at radius 3 is 2.71 bits per heavy atom. The monoisotopic (exact) mass is 192 g/mol. The molecule has 76 valence electrons. The van der Waals surface area contributed by atoms with Gasteiger partial charge in [0.2, 0.25) is 5.91 Å². The van der Waals surface area contributed by atoms with E-state index in [-0.39, 0.29) is 5.91 Å². The van der Waals surface area contributed by atoms with Crippen LogP contribution in [0.4, 0.5) is 5.69 Å². The number of hydrogen-bond acceptors (Lipinski definition) is 2. The molecule has 0 spiro atoms. The summed E-state index contributed by atoms with van der Waals surface area (Å²) in [5.74, 6) is 0.0238. The zero-order valence-corrected chi connectivity index (χ0v) is 8.63. The van der Waals surface area contributed by atoms with Crippen LogP contribution >= 0.6 is 0 Å². The lowest BCUT2D eigenvalue weighted by molar-refractivity contribution is -0.120. The number of para-hydroxylation sites is 1. The van der Waals surface area contributed by atoms with Crippen LogP contribution in [0.25, 0.3) is 0 Å². The molecule has 1 amide bonds. The lowest BCUT2D eigenvalue weighted by atomic mass is 10.2. The van der Waals surface area contributed by atoms with E-state index in [1.54, 1.807) is 0 Å². The van der Waals surface area contributed by atoms with Crippen molar-refractivity contribution in [2.45, 2.75) is 26.7 Å². The van der Waals surface area contributed by atoms with Crippen LogP contribution in [-0.4, -0.2) is 5.91 Å². The highest BCUT2D eigenvalue weighted by atomic mass is 16.2. The highest BCUT2D eigenvalue weighted by molar-refractivity contribution is 5.77. The van der Waals surface area contributed by atoms with Crippen molar-refractivity contribution in [3.63, 3.8) is 0 Å². The summed E-state index contributed by atoms with van der Waals surface area (Å²) in [6, 6.07) is 7.82. The molecule has 3 nitrogen and oxygen atoms in total. The third-order valence-electron chi connectivity index (χ3n) is 1.96. The molecule has 2 N–H and O–H groups in total. The molecule has 1 rings (SSSR count). The Morgan fingerprint density at radius 2 is 2.07 bits per heavy atom. The van der Waals surface area contributed by atoms with Crippen molar-refractivity contribution < 1.29 is 4.79 Å². The Labute approximate surface area is 84.5 Å². The van der Waals surface area contributed by atoms with Crippen LogP contribution in [0.2, 0.25) is 0 Å². The van der Waals surface area contributed by atoms with Crippen molar-refractivity contribution >= 4 is 11.6 Å². The summed E-state index contributed by atoms with van der Waals surface area (Å²) < 4.78 is 0. The van der Waals surface area contributed by atoms with E-state index in [0.29, 0.717) is 6.42 Å². The van der Waals surface area contributed by atoms with Gasteiger partial charge in [-0.2, -0.15) is 0 Å². The third-order valence-corrected chi connectivity index (χ3v) is 1.96. The van der Waals surface area contributed by atoms with Crippen LogP contribution < -0.4 is 10.9 Å². The number of carbonyl (C=O) groups excluding carboxylic acids is 1. The Morgan fingerprint density at radius 1 is 1.36 bits per heavy atom. The second-order valence-corrected chi connectivity index (χ2v) is 3.24. The summed E-state index contributed by atoms with van der Waals surface area (Å²) in [5, 5.41) is 0. The van der Waals surface area contributed by atoms with Gasteiger partial charge in [-0.15, -0.1) is 0 Å². The van der Waals surface area contributed by atoms with Crippen molar-refractivity contribution in [1.82, 2.24) is 5.43 Å². The third kappa shape index (κ3) is 3.09. The number of aryl methyl sites for hydroxylation is 1. The summed E-state index contributed by atoms with van der Waals surface area (Å²) in [6.45, 7) is 3.97. The number of amides is 1. The molecule has 0 radical (unpaired) electrons. The largest absolute Gasteiger partial charge is 0.298 e. The van der Waals surface area contributed by atoms with Crippen molar-refractivity contribution in [1.29, 1.82) is 0 Å². The molecule has 0 fully saturated rings. The SMILES string of the molecule is CCCC(=O)NNc1ccccc1C. The first-order valence-corrected chi connectivity index (χ1v) is 4.84. The number of anilines is 1. The molecule has 0 aromatic heterocycles. The molecule has 0 heterocycles. The van der Waals surface area contributed by atoms with Crippen LogP contribution in [0.1, 0.15) is 25.3 Å². The number of nitrogens with one attached hydrogen (secondary N) is 2. The summed E-state index contributed by atoms with van der Waals surface area (Å²) in [4.78, 5) is 11.2. The summed E-state index contributed by atoms with van der Waals surface area (Å²) in [6.07, 6.45) is 1.42. The number of benzene rings is 1. The summed E-state index contributed by atoms with van der Waals surface area (Å²) in [5.41, 5.74) is 7.61. The van der Waals surface area contributed by atoms with Crippen LogP contribution in [0.3, 0.4) is 0 Å². The van der Waals surface area contributed by atoms with Crippen LogP contribution in [-0.2, 0) is 4.79 Å². The van der Waals surface area contributed by atoms with E-state index in [2.05, 4.69) is 10.9 Å². The second-order valence-electron chi connectivity index (χ2n) is 3.24. The first kappa shape index (κ1) is 10.6. The molecule has 14 heavy (non-hydrogen) atoms. The van der Waals surface area contributed by atoms with Gasteiger partial charge in [0.25, 0.3) is 0 Å². The van der Waals surface area contributed by atoms with Gasteiger partial charge in [0.15, 0.2) is 0 Å². The fourth-order valence-electron chi connectivity index (χ4n) is 1.14. The molecule has 0 saturated heterocycles. The zero-order chi connectivity index (χ0) is 10.4. The second kappa shape index (κ2) is 5.27. The molecular weight excluding hydrogens is 176 g/mol. The van der Waals surface area contributed by atoms with Crippen LogP contribution in [0.5, 0.6) is 0 Å². The maximum absolute atomic E-state index is 11.2. The molecule has 0 aliphatic heterocycles. The fourth-order valence-corrected chi connectivity index (χ4v) is 1.14. The molecule has 1 aromatic rings. The minimum Gasteiger partial charge on any atom is -0.298 e. The lowest BCUT2D eigenvalue weighted by Gasteiger charge is -2.09. The topological polar surface area (TPSA) is 41.1 Å². The quantitative estimate of drug-likeness (QED) is 0.718. The molecule has 3 heteroatoms. The van der Waals surface area contributed by atoms with Crippen molar-refractivity contribution in [3.8, 4) is 0 Å². The van der Waals surface area contributed by atoms with E-state index >= 15 is 0 Å². The lowest BCUT2D eigenvalue weighted by Crippen LogP contribution is -2.29. The van der Waals surface area contributed by atoms with Crippen molar-refractivity contribution in [3.05, 3.63) is 29.8 Å². The van der Waals surface area contributed by atoms with E-state index < -0.39 is 0 Å². The van der Waals surface area contributed by atoms with E-state index in [1.165, 1.54) is 0 Å². The van der Waals surface area contributed by atoms with E-state index in [0.717, 1.165) is 17.7 Å². The average Bonchev–Trinajstić information content (AvgIpc) is 2.17. The number of carbonyl (C=O) groups is 1. The zero-order valence-electron chi connectivity index (χ0n) is 8.63. The smallest absolute Gasteiger partial charge is 0.238 e. The van der Waals surface area contributed by atoms with Crippen LogP contribution in [0, 0.1) is 6.92 Å². The minimum absolute atomic E-state index is 0.0238. The van der Waals surface area contributed by atoms with E-state index in [1.807, 2.05) is 38.1 Å². The van der Waals surface area contributed by atoms with Gasteiger partial charge in [0.1, 0.15) is 0 Å². The van der Waals surface area contributed by atoms with Gasteiger partial charge in [0, 0.05) is 6.42 Å². The van der Waals surface area contributed by atoms with Crippen molar-refractivity contribution in [2.24, 2.45) is 0 Å². The minimum atomic E-state index is 0.0238. The maximum atomic E-state index is 11.2. The first-order chi connectivity index (χ1) is 6.74. The molecule has 0 bridgehead atoms. The van der Waals surface area contributed by atoms with Crippen molar-refractivity contribution in [2.75, 3.05) is 5.43 Å². The first-order valence-electron chi connectivity index (χ1n) is 4.84. The van der Waals surface area contributed by atoms with Gasteiger partial charge in [-0.25, -0.2) is 0 Å². The molecule has 1 aromatic carbocycles. The van der Waals surface area contributed by atoms with Gasteiger partial charge in [-0.3, -0.25) is 15.6 Å². The Balaban J connectivity index is 2.46. The molecule has 0 saturated carbocycles. The predicted octanol–water partition coefficient (Wildman–Crippen LogP) is 2.24. The number of hydrogen-bond donors (Lipinski definition) is 2. The van der Waals surface area contributed by atoms with E-state index in [9.17, 15) is 4.79 Å². The number of rotatable bonds is 4. The Hall–Kier alpha value is -1.51. The van der Waals surface area contributed by atoms with Crippen LogP contribution in [0.15, 0.2) is 24.3 Å². The highest BCUT2D eigenvalue weighted by Gasteiger charge is 1.99. The average molecular weight is 192 g/mol. The molecule has 0 aliphatic carbocycles. The Kier molecular flexibility index (Phi) is 3.98. The summed E-state index contributed by atoms with van der Waals surface area (Å²) in [7, 11) is 0. The summed E-state index contributed by atoms with van der Waals surface area (Å²) >= 11 is 0. The predicted molar refractivity (Wildman–Crippen MR) is 57.9 cm³/mol. The standard InChI is InChI=1S/C11H16N2O/c1-3-6-11(14)13-12-10-8-5-4-7-9(10)2/h4-5,7-8,12H,3,6H2,1-2H3,(H,13,14). The van der Waals surface area contributed by atoms with Gasteiger partial charge in [-0.05, 0) is 25.0 Å². The van der Waals surface area contributed by atoms with Gasteiger partial charge in [0.05, 0.1) is 5.69 Å². The maximum Gasteiger partial charge on any atom is 0.238 e. The molecule has 0 atom stereocenters.